The Bertz CT molecular complexity index is 1300. The Morgan fingerprint density at radius 1 is 1.09 bits per heavy atom. The van der Waals surface area contributed by atoms with Gasteiger partial charge in [0, 0.05) is 15.8 Å². The highest BCUT2D eigenvalue weighted by molar-refractivity contribution is 9.10. The van der Waals surface area contributed by atoms with Crippen molar-refractivity contribution in [3.63, 3.8) is 0 Å². The number of carbonyl (C=O) groups excluding carboxylic acids is 2. The van der Waals surface area contributed by atoms with Crippen molar-refractivity contribution < 1.29 is 9.59 Å². The van der Waals surface area contributed by atoms with Crippen molar-refractivity contribution in [2.75, 3.05) is 11.1 Å². The first kappa shape index (κ1) is 24.2. The summed E-state index contributed by atoms with van der Waals surface area (Å²) >= 11 is 6.13. The van der Waals surface area contributed by atoms with E-state index in [9.17, 15) is 9.59 Å². The number of aromatic nitrogens is 3. The highest BCUT2D eigenvalue weighted by Gasteiger charge is 2.17. The lowest BCUT2D eigenvalue weighted by atomic mass is 10.1. The molecule has 4 aromatic rings. The summed E-state index contributed by atoms with van der Waals surface area (Å²) in [6.45, 7) is 4.15. The van der Waals surface area contributed by atoms with E-state index in [4.69, 9.17) is 0 Å². The van der Waals surface area contributed by atoms with Crippen molar-refractivity contribution in [3.8, 4) is 5.69 Å². The molecule has 0 unspecified atom stereocenters. The lowest BCUT2D eigenvalue weighted by Crippen LogP contribution is -2.24. The van der Waals surface area contributed by atoms with E-state index in [0.29, 0.717) is 15.9 Å². The average molecular weight is 557 g/mol. The van der Waals surface area contributed by atoms with Gasteiger partial charge in [-0.15, -0.1) is 21.5 Å². The van der Waals surface area contributed by atoms with Crippen molar-refractivity contribution >= 4 is 56.5 Å². The van der Waals surface area contributed by atoms with Crippen LogP contribution in [0, 0.1) is 13.8 Å². The van der Waals surface area contributed by atoms with E-state index in [1.807, 2.05) is 72.3 Å². The first-order chi connectivity index (χ1) is 16.4. The van der Waals surface area contributed by atoms with Gasteiger partial charge in [-0.3, -0.25) is 14.2 Å². The Labute approximate surface area is 214 Å². The third-order valence-electron chi connectivity index (χ3n) is 4.94. The molecule has 10 heteroatoms. The van der Waals surface area contributed by atoms with Crippen molar-refractivity contribution in [1.29, 1.82) is 0 Å². The number of halogens is 1. The fraction of sp³-hybridized carbons (Fsp3) is 0.167. The second-order valence-corrected chi connectivity index (χ2v) is 10.3. The number of hydrogen-bond acceptors (Lipinski definition) is 6. The molecule has 4 rings (SSSR count). The summed E-state index contributed by atoms with van der Waals surface area (Å²) < 4.78 is 2.80. The molecule has 0 radical (unpaired) electrons. The molecular formula is C24H22BrN5O2S2. The van der Waals surface area contributed by atoms with Gasteiger partial charge in [-0.25, -0.2) is 0 Å². The Balaban J connectivity index is 1.50. The summed E-state index contributed by atoms with van der Waals surface area (Å²) in [7, 11) is 0. The van der Waals surface area contributed by atoms with Crippen LogP contribution >= 0.6 is 39.0 Å². The molecule has 2 heterocycles. The maximum atomic E-state index is 12.6. The Morgan fingerprint density at radius 3 is 2.62 bits per heavy atom. The fourth-order valence-electron chi connectivity index (χ4n) is 3.20. The Hall–Kier alpha value is -2.95. The Kier molecular flexibility index (Phi) is 7.81. The maximum Gasteiger partial charge on any atom is 0.261 e. The molecule has 2 aromatic carbocycles. The molecule has 2 amide bonds. The molecule has 0 aliphatic heterocycles. The van der Waals surface area contributed by atoms with Gasteiger partial charge < -0.3 is 10.6 Å². The second-order valence-electron chi connectivity index (χ2n) is 7.53. The highest BCUT2D eigenvalue weighted by atomic mass is 79.9. The third kappa shape index (κ3) is 5.94. The minimum atomic E-state index is -0.164. The van der Waals surface area contributed by atoms with Gasteiger partial charge in [0.1, 0.15) is 0 Å². The normalized spacial score (nSPS) is 10.8. The topological polar surface area (TPSA) is 88.9 Å². The third-order valence-corrected chi connectivity index (χ3v) is 7.26. The molecule has 174 valence electrons. The number of hydrogen-bond donors (Lipinski definition) is 2. The molecule has 0 saturated heterocycles. The van der Waals surface area contributed by atoms with Crippen LogP contribution < -0.4 is 10.6 Å². The molecule has 0 fully saturated rings. The zero-order chi connectivity index (χ0) is 24.1. The van der Waals surface area contributed by atoms with E-state index in [1.165, 1.54) is 23.1 Å². The number of thiophene rings is 1. The maximum absolute atomic E-state index is 12.6. The lowest BCUT2D eigenvalue weighted by Gasteiger charge is -2.12. The quantitative estimate of drug-likeness (QED) is 0.285. The zero-order valence-electron chi connectivity index (χ0n) is 18.5. The molecule has 0 saturated carbocycles. The zero-order valence-corrected chi connectivity index (χ0v) is 21.8. The van der Waals surface area contributed by atoms with Crippen LogP contribution in [0.15, 0.2) is 69.6 Å². The van der Waals surface area contributed by atoms with Gasteiger partial charge >= 0.3 is 0 Å². The van der Waals surface area contributed by atoms with Crippen molar-refractivity contribution in [3.05, 3.63) is 86.3 Å². The first-order valence-electron chi connectivity index (χ1n) is 10.4. The van der Waals surface area contributed by atoms with Crippen LogP contribution in [0.25, 0.3) is 5.69 Å². The van der Waals surface area contributed by atoms with Crippen molar-refractivity contribution in [2.24, 2.45) is 0 Å². The van der Waals surface area contributed by atoms with E-state index >= 15 is 0 Å². The monoisotopic (exact) mass is 555 g/mol. The SMILES string of the molecule is Cc1ccc(C)c(NC(=O)CSc2nnc(CNC(=O)c3cccs3)n2-c2ccc(Br)cc2)c1. The average Bonchev–Trinajstić information content (AvgIpc) is 3.49. The molecule has 0 atom stereocenters. The predicted octanol–water partition coefficient (Wildman–Crippen LogP) is 5.37. The molecule has 34 heavy (non-hydrogen) atoms. The summed E-state index contributed by atoms with van der Waals surface area (Å²) in [5.74, 6) is 0.451. The summed E-state index contributed by atoms with van der Waals surface area (Å²) in [5, 5.41) is 16.9. The standard InChI is InChI=1S/C24H22BrN5O2S2/c1-15-5-6-16(2)19(12-15)27-22(31)14-34-24-29-28-21(13-26-23(32)20-4-3-11-33-20)30(24)18-9-7-17(25)8-10-18/h3-12H,13-14H2,1-2H3,(H,26,32)(H,27,31). The van der Waals surface area contributed by atoms with Gasteiger partial charge in [-0.1, -0.05) is 45.9 Å². The van der Waals surface area contributed by atoms with E-state index in [1.54, 1.807) is 6.07 Å². The second kappa shape index (κ2) is 11.0. The number of rotatable bonds is 8. The van der Waals surface area contributed by atoms with E-state index < -0.39 is 0 Å². The molecule has 0 aliphatic rings. The van der Waals surface area contributed by atoms with E-state index in [-0.39, 0.29) is 24.1 Å². The summed E-state index contributed by atoms with van der Waals surface area (Å²) in [6.07, 6.45) is 0. The number of benzene rings is 2. The van der Waals surface area contributed by atoms with Crippen LogP contribution in [0.1, 0.15) is 26.6 Å². The number of thioether (sulfide) groups is 1. The number of aryl methyl sites for hydroxylation is 2. The molecule has 0 bridgehead atoms. The minimum absolute atomic E-state index is 0.128. The summed E-state index contributed by atoms with van der Waals surface area (Å²) in [6, 6.07) is 17.3. The van der Waals surface area contributed by atoms with Gasteiger partial charge in [0.15, 0.2) is 11.0 Å². The van der Waals surface area contributed by atoms with Crippen molar-refractivity contribution in [1.82, 2.24) is 20.1 Å². The predicted molar refractivity (Wildman–Crippen MR) is 140 cm³/mol. The molecule has 0 spiro atoms. The number of nitrogens with zero attached hydrogens (tertiary/aromatic N) is 3. The van der Waals surface area contributed by atoms with Crippen LogP contribution in [0.3, 0.4) is 0 Å². The number of nitrogens with one attached hydrogen (secondary N) is 2. The van der Waals surface area contributed by atoms with Gasteiger partial charge in [-0.05, 0) is 66.8 Å². The van der Waals surface area contributed by atoms with Crippen LogP contribution in [-0.2, 0) is 11.3 Å². The number of anilines is 1. The number of amides is 2. The highest BCUT2D eigenvalue weighted by Crippen LogP contribution is 2.24. The molecule has 7 nitrogen and oxygen atoms in total. The van der Waals surface area contributed by atoms with Crippen LogP contribution in [-0.4, -0.2) is 32.3 Å². The molecule has 2 N–H and O–H groups in total. The first-order valence-corrected chi connectivity index (χ1v) is 13.1. The fourth-order valence-corrected chi connectivity index (χ4v) is 4.87. The van der Waals surface area contributed by atoms with Gasteiger partial charge in [0.25, 0.3) is 5.91 Å². The van der Waals surface area contributed by atoms with Crippen LogP contribution in [0.2, 0.25) is 0 Å². The summed E-state index contributed by atoms with van der Waals surface area (Å²) in [4.78, 5) is 25.7. The van der Waals surface area contributed by atoms with E-state index in [2.05, 4.69) is 36.8 Å². The Morgan fingerprint density at radius 2 is 1.88 bits per heavy atom. The van der Waals surface area contributed by atoms with Crippen LogP contribution in [0.4, 0.5) is 5.69 Å². The van der Waals surface area contributed by atoms with Gasteiger partial charge in [-0.2, -0.15) is 0 Å². The lowest BCUT2D eigenvalue weighted by molar-refractivity contribution is -0.113. The minimum Gasteiger partial charge on any atom is -0.344 e. The van der Waals surface area contributed by atoms with Gasteiger partial charge in [0.2, 0.25) is 5.91 Å². The molecular weight excluding hydrogens is 534 g/mol. The number of carbonyl (C=O) groups is 2. The summed E-state index contributed by atoms with van der Waals surface area (Å²) in [5.41, 5.74) is 3.73. The molecule has 0 aliphatic carbocycles. The molecule has 2 aromatic heterocycles. The van der Waals surface area contributed by atoms with Gasteiger partial charge in [0.05, 0.1) is 17.2 Å². The van der Waals surface area contributed by atoms with E-state index in [0.717, 1.165) is 27.0 Å². The largest absolute Gasteiger partial charge is 0.344 e. The smallest absolute Gasteiger partial charge is 0.261 e. The van der Waals surface area contributed by atoms with Crippen molar-refractivity contribution in [2.45, 2.75) is 25.5 Å². The van der Waals surface area contributed by atoms with Crippen LogP contribution in [0.5, 0.6) is 0 Å².